The highest BCUT2D eigenvalue weighted by Crippen LogP contribution is 2.26. The maximum absolute atomic E-state index is 13.0. The van der Waals surface area contributed by atoms with Gasteiger partial charge in [-0.3, -0.25) is 4.79 Å². The minimum Gasteiger partial charge on any atom is -0.497 e. The maximum atomic E-state index is 13.0. The summed E-state index contributed by atoms with van der Waals surface area (Å²) < 4.78 is 33.7. The van der Waals surface area contributed by atoms with Gasteiger partial charge in [-0.05, 0) is 37.1 Å². The number of rotatable bonds is 5. The minimum absolute atomic E-state index is 0.0643. The van der Waals surface area contributed by atoms with Crippen molar-refractivity contribution in [3.05, 3.63) is 36.8 Å². The molecule has 0 aliphatic carbocycles. The highest BCUT2D eigenvalue weighted by Gasteiger charge is 2.35. The number of methoxy groups -OCH3 is 1. The Hall–Kier alpha value is -2.59. The Bertz CT molecular complexity index is 1000. The van der Waals surface area contributed by atoms with Crippen molar-refractivity contribution in [1.82, 2.24) is 18.8 Å². The summed E-state index contributed by atoms with van der Waals surface area (Å²) in [5, 5.41) is 0.0643. The van der Waals surface area contributed by atoms with Crippen LogP contribution in [0.15, 0.2) is 41.8 Å². The van der Waals surface area contributed by atoms with Gasteiger partial charge in [0.05, 0.1) is 13.4 Å². The lowest BCUT2D eigenvalue weighted by atomic mass is 9.96. The lowest BCUT2D eigenvalue weighted by molar-refractivity contribution is -0.137. The molecule has 2 aliphatic heterocycles. The number of aryl methyl sites for hydroxylation is 1. The minimum atomic E-state index is -3.60. The molecule has 3 heterocycles. The van der Waals surface area contributed by atoms with E-state index >= 15 is 0 Å². The van der Waals surface area contributed by atoms with Gasteiger partial charge in [0.15, 0.2) is 5.03 Å². The van der Waals surface area contributed by atoms with Gasteiger partial charge < -0.3 is 19.1 Å². The third-order valence-corrected chi connectivity index (χ3v) is 7.90. The molecule has 4 rings (SSSR count). The van der Waals surface area contributed by atoms with Crippen molar-refractivity contribution in [2.24, 2.45) is 13.0 Å². The Morgan fingerprint density at radius 3 is 2.23 bits per heavy atom. The number of piperidine rings is 1. The van der Waals surface area contributed by atoms with Gasteiger partial charge in [0, 0.05) is 64.1 Å². The van der Waals surface area contributed by atoms with Gasteiger partial charge in [0.1, 0.15) is 5.75 Å². The van der Waals surface area contributed by atoms with E-state index in [-0.39, 0.29) is 16.9 Å². The van der Waals surface area contributed by atoms with E-state index in [1.54, 1.807) is 18.7 Å². The van der Waals surface area contributed by atoms with E-state index < -0.39 is 10.0 Å². The second kappa shape index (κ2) is 8.88. The van der Waals surface area contributed by atoms with Crippen molar-refractivity contribution < 1.29 is 17.9 Å². The number of hydrogen-bond acceptors (Lipinski definition) is 6. The van der Waals surface area contributed by atoms with Crippen molar-refractivity contribution in [3.8, 4) is 5.75 Å². The molecule has 0 N–H and O–H groups in total. The number of aromatic nitrogens is 2. The molecule has 0 bridgehead atoms. The number of hydrogen-bond donors (Lipinski definition) is 0. The summed E-state index contributed by atoms with van der Waals surface area (Å²) in [4.78, 5) is 21.2. The molecule has 2 aromatic rings. The summed E-state index contributed by atoms with van der Waals surface area (Å²) in [5.74, 6) is 0.848. The SMILES string of the molecule is COc1ccc(N2CCN(C(=O)C3CCN(S(=O)(=O)c4cn(C)cn4)CC3)CC2)cc1. The molecule has 0 radical (unpaired) electrons. The van der Waals surface area contributed by atoms with Crippen LogP contribution in [0.1, 0.15) is 12.8 Å². The highest BCUT2D eigenvalue weighted by atomic mass is 32.2. The maximum Gasteiger partial charge on any atom is 0.262 e. The van der Waals surface area contributed by atoms with Crippen molar-refractivity contribution in [1.29, 1.82) is 0 Å². The first-order chi connectivity index (χ1) is 14.9. The van der Waals surface area contributed by atoms with Gasteiger partial charge in [-0.25, -0.2) is 13.4 Å². The molecule has 0 atom stereocenters. The van der Waals surface area contributed by atoms with Crippen LogP contribution in [-0.2, 0) is 21.9 Å². The Labute approximate surface area is 183 Å². The number of benzene rings is 1. The molecule has 9 nitrogen and oxygen atoms in total. The van der Waals surface area contributed by atoms with Gasteiger partial charge in [-0.15, -0.1) is 0 Å². The quantitative estimate of drug-likeness (QED) is 0.684. The first-order valence-corrected chi connectivity index (χ1v) is 12.0. The van der Waals surface area contributed by atoms with Crippen LogP contribution in [0, 0.1) is 5.92 Å². The van der Waals surface area contributed by atoms with Crippen LogP contribution < -0.4 is 9.64 Å². The summed E-state index contributed by atoms with van der Waals surface area (Å²) in [5.41, 5.74) is 1.13. The van der Waals surface area contributed by atoms with Crippen molar-refractivity contribution in [2.75, 3.05) is 51.3 Å². The fourth-order valence-corrected chi connectivity index (χ4v) is 5.67. The lowest BCUT2D eigenvalue weighted by Crippen LogP contribution is -2.52. The molecule has 1 aromatic carbocycles. The zero-order chi connectivity index (χ0) is 22.0. The number of carbonyl (C=O) groups is 1. The Kier molecular flexibility index (Phi) is 6.19. The molecule has 10 heteroatoms. The average Bonchev–Trinajstić information content (AvgIpc) is 3.26. The molecule has 2 aliphatic rings. The zero-order valence-electron chi connectivity index (χ0n) is 18.0. The van der Waals surface area contributed by atoms with Crippen molar-refractivity contribution in [3.63, 3.8) is 0 Å². The standard InChI is InChI=1S/C21H29N5O4S/c1-23-15-20(22-16-23)31(28,29)26-9-7-17(8-10-26)21(27)25-13-11-24(12-14-25)18-3-5-19(30-2)6-4-18/h3-6,15-17H,7-14H2,1-2H3. The molecular formula is C21H29N5O4S. The predicted molar refractivity (Wildman–Crippen MR) is 116 cm³/mol. The third kappa shape index (κ3) is 4.54. The smallest absolute Gasteiger partial charge is 0.262 e. The van der Waals surface area contributed by atoms with E-state index in [1.807, 2.05) is 29.2 Å². The summed E-state index contributed by atoms with van der Waals surface area (Å²) >= 11 is 0. The van der Waals surface area contributed by atoms with Gasteiger partial charge in [0.2, 0.25) is 5.91 Å². The number of ether oxygens (including phenoxy) is 1. The number of nitrogens with zero attached hydrogens (tertiary/aromatic N) is 5. The molecule has 31 heavy (non-hydrogen) atoms. The number of amides is 1. The van der Waals surface area contributed by atoms with Crippen LogP contribution in [0.5, 0.6) is 5.75 Å². The van der Waals surface area contributed by atoms with E-state index in [1.165, 1.54) is 16.8 Å². The normalized spacial score (nSPS) is 18.9. The molecule has 2 saturated heterocycles. The number of carbonyl (C=O) groups excluding carboxylic acids is 1. The first kappa shape index (κ1) is 21.6. The van der Waals surface area contributed by atoms with Crippen LogP contribution in [-0.4, -0.2) is 79.5 Å². The molecule has 2 fully saturated rings. The van der Waals surface area contributed by atoms with Crippen molar-refractivity contribution in [2.45, 2.75) is 17.9 Å². The molecule has 1 aromatic heterocycles. The van der Waals surface area contributed by atoms with Crippen LogP contribution in [0.25, 0.3) is 0 Å². The lowest BCUT2D eigenvalue weighted by Gasteiger charge is -2.39. The molecule has 0 spiro atoms. The summed E-state index contributed by atoms with van der Waals surface area (Å²) in [7, 11) is -0.205. The fraction of sp³-hybridized carbons (Fsp3) is 0.524. The van der Waals surface area contributed by atoms with E-state index in [0.717, 1.165) is 24.5 Å². The Morgan fingerprint density at radius 2 is 1.68 bits per heavy atom. The molecule has 1 amide bonds. The van der Waals surface area contributed by atoms with Gasteiger partial charge in [-0.1, -0.05) is 0 Å². The van der Waals surface area contributed by atoms with E-state index in [9.17, 15) is 13.2 Å². The molecule has 0 unspecified atom stereocenters. The van der Waals surface area contributed by atoms with Crippen LogP contribution >= 0.6 is 0 Å². The predicted octanol–water partition coefficient (Wildman–Crippen LogP) is 1.18. The van der Waals surface area contributed by atoms with Gasteiger partial charge in [0.25, 0.3) is 10.0 Å². The van der Waals surface area contributed by atoms with Gasteiger partial charge in [-0.2, -0.15) is 4.31 Å². The summed E-state index contributed by atoms with van der Waals surface area (Å²) in [6.07, 6.45) is 4.08. The zero-order valence-corrected chi connectivity index (χ0v) is 18.8. The van der Waals surface area contributed by atoms with Gasteiger partial charge >= 0.3 is 0 Å². The average molecular weight is 448 g/mol. The summed E-state index contributed by atoms with van der Waals surface area (Å²) in [6.45, 7) is 3.62. The van der Waals surface area contributed by atoms with Crippen molar-refractivity contribution >= 4 is 21.6 Å². The van der Waals surface area contributed by atoms with E-state index in [0.29, 0.717) is 39.0 Å². The monoisotopic (exact) mass is 447 g/mol. The summed E-state index contributed by atoms with van der Waals surface area (Å²) in [6, 6.07) is 7.96. The fourth-order valence-electron chi connectivity index (χ4n) is 4.23. The topological polar surface area (TPSA) is 88.0 Å². The largest absolute Gasteiger partial charge is 0.497 e. The van der Waals surface area contributed by atoms with E-state index in [2.05, 4.69) is 9.88 Å². The second-order valence-corrected chi connectivity index (χ2v) is 9.95. The number of piperazine rings is 1. The van der Waals surface area contributed by atoms with Crippen LogP contribution in [0.3, 0.4) is 0 Å². The molecular weight excluding hydrogens is 418 g/mol. The molecule has 168 valence electrons. The number of sulfonamides is 1. The van der Waals surface area contributed by atoms with Crippen LogP contribution in [0.4, 0.5) is 5.69 Å². The van der Waals surface area contributed by atoms with E-state index in [4.69, 9.17) is 4.74 Å². The first-order valence-electron chi connectivity index (χ1n) is 10.5. The highest BCUT2D eigenvalue weighted by molar-refractivity contribution is 7.89. The third-order valence-electron chi connectivity index (χ3n) is 6.12. The number of anilines is 1. The second-order valence-electron chi connectivity index (χ2n) is 8.07. The Balaban J connectivity index is 1.29. The van der Waals surface area contributed by atoms with Crippen LogP contribution in [0.2, 0.25) is 0 Å². The Morgan fingerprint density at radius 1 is 1.03 bits per heavy atom. The molecule has 0 saturated carbocycles. The number of imidazole rings is 1.